The standard InChI is InChI=1S/C81H154N2O23P2/c1-7-12-17-22-27-32-37-42-47-52-63(85)57-69(88)82-74-78(103-72(91)59-65(87)54-49-44-39-34-29-24-19-14-9-3)76(93)68(102-81(74)106-107(6,94)95)62-99-80-75(83-70(89)58-64(86)53-48-43-38-33-28-23-18-13-8-2)79(77(67(61-84)101-80)105-108(96,97)98)104-73(92)60-66(55-50-45-40-35-30-25-20-15-10-4)100-71(90)56-51-46-41-36-31-26-21-16-11-5/h63-68,74-81,84-87,93H,7-62H2,1-6H3,(H,82,88)(H,83,89)(H,94,95)(H2,96,97,98)/t63-,64-,65-,66-,67?,68?,74+,75+,76-,77?,78?,79?,80-,81?/m1/s1. The van der Waals surface area contributed by atoms with E-state index in [1.807, 2.05) is 0 Å². The molecule has 2 aliphatic heterocycles. The second-order valence-electron chi connectivity index (χ2n) is 31.1. The van der Waals surface area contributed by atoms with Crippen molar-refractivity contribution in [1.82, 2.24) is 10.6 Å². The van der Waals surface area contributed by atoms with Crippen molar-refractivity contribution in [1.29, 1.82) is 0 Å². The van der Waals surface area contributed by atoms with E-state index in [0.717, 1.165) is 206 Å². The Morgan fingerprint density at radius 1 is 0.398 bits per heavy atom. The van der Waals surface area contributed by atoms with E-state index in [9.17, 15) is 73.3 Å². The van der Waals surface area contributed by atoms with Gasteiger partial charge in [-0.3, -0.25) is 37.6 Å². The van der Waals surface area contributed by atoms with Gasteiger partial charge in [0.25, 0.3) is 0 Å². The van der Waals surface area contributed by atoms with Gasteiger partial charge >= 0.3 is 33.3 Å². The van der Waals surface area contributed by atoms with Crippen molar-refractivity contribution >= 4 is 45.1 Å². The number of phosphoric ester groups is 1. The number of amides is 2. The smallest absolute Gasteiger partial charge is 0.462 e. The molecule has 0 aliphatic carbocycles. The lowest BCUT2D eigenvalue weighted by molar-refractivity contribution is -0.296. The molecule has 2 amide bonds. The van der Waals surface area contributed by atoms with Gasteiger partial charge in [0.15, 0.2) is 24.8 Å². The zero-order valence-corrected chi connectivity index (χ0v) is 69.6. The monoisotopic (exact) mass is 1590 g/mol. The molecule has 2 heterocycles. The van der Waals surface area contributed by atoms with E-state index in [2.05, 4.69) is 45.3 Å². The summed E-state index contributed by atoms with van der Waals surface area (Å²) >= 11 is 0. The molecule has 25 nitrogen and oxygen atoms in total. The minimum absolute atomic E-state index is 0.0995. The molecule has 0 bridgehead atoms. The average Bonchev–Trinajstić information content (AvgIpc) is 0.780. The highest BCUT2D eigenvalue weighted by Gasteiger charge is 2.55. The van der Waals surface area contributed by atoms with Gasteiger partial charge in [-0.25, -0.2) is 4.57 Å². The number of rotatable bonds is 71. The first-order valence-electron chi connectivity index (χ1n) is 43.0. The van der Waals surface area contributed by atoms with Crippen LogP contribution in [0.15, 0.2) is 0 Å². The number of carbonyl (C=O) groups is 5. The van der Waals surface area contributed by atoms with Gasteiger partial charge in [-0.2, -0.15) is 0 Å². The predicted molar refractivity (Wildman–Crippen MR) is 419 cm³/mol. The quantitative estimate of drug-likeness (QED) is 0.0117. The highest BCUT2D eigenvalue weighted by atomic mass is 31.2. The Morgan fingerprint density at radius 3 is 1.11 bits per heavy atom. The number of hydrogen-bond acceptors (Lipinski definition) is 20. The van der Waals surface area contributed by atoms with Crippen LogP contribution in [-0.4, -0.2) is 176 Å². The minimum Gasteiger partial charge on any atom is -0.462 e. The van der Waals surface area contributed by atoms with Gasteiger partial charge in [-0.1, -0.05) is 311 Å². The summed E-state index contributed by atoms with van der Waals surface area (Å²) in [6.45, 7) is 9.68. The molecule has 0 radical (unpaired) electrons. The maximum absolute atomic E-state index is 14.7. The molecule has 2 aliphatic rings. The number of unbranched alkanes of at least 4 members (excludes halogenated alkanes) is 40. The minimum atomic E-state index is -5.61. The zero-order chi connectivity index (χ0) is 79.6. The van der Waals surface area contributed by atoms with E-state index in [-0.39, 0.29) is 32.1 Å². The number of esters is 3. The number of carbonyl (C=O) groups excluding carboxylic acids is 5. The lowest BCUT2D eigenvalue weighted by Gasteiger charge is -2.47. The Balaban J connectivity index is 2.68. The van der Waals surface area contributed by atoms with Crippen LogP contribution in [0.4, 0.5) is 0 Å². The zero-order valence-electron chi connectivity index (χ0n) is 67.8. The molecule has 0 aromatic heterocycles. The fourth-order valence-electron chi connectivity index (χ4n) is 14.4. The van der Waals surface area contributed by atoms with Crippen molar-refractivity contribution in [2.24, 2.45) is 0 Å². The topological polar surface area (TPSA) is 379 Å². The van der Waals surface area contributed by atoms with Crippen molar-refractivity contribution in [3.05, 3.63) is 0 Å². The Morgan fingerprint density at radius 2 is 0.731 bits per heavy atom. The first kappa shape index (κ1) is 101. The summed E-state index contributed by atoms with van der Waals surface area (Å²) in [6.07, 6.45) is 24.4. The first-order chi connectivity index (χ1) is 51.9. The van der Waals surface area contributed by atoms with Crippen LogP contribution in [0.5, 0.6) is 0 Å². The van der Waals surface area contributed by atoms with Crippen LogP contribution in [-0.2, 0) is 70.6 Å². The van der Waals surface area contributed by atoms with E-state index >= 15 is 0 Å². The molecule has 2 fully saturated rings. The summed E-state index contributed by atoms with van der Waals surface area (Å²) in [5, 5.41) is 62.3. The Kier molecular flexibility index (Phi) is 59.7. The summed E-state index contributed by atoms with van der Waals surface area (Å²) in [5.74, 6) is -4.32. The molecule has 10 N–H and O–H groups in total. The lowest BCUT2D eigenvalue weighted by Crippen LogP contribution is -2.68. The third-order valence-electron chi connectivity index (χ3n) is 20.6. The fourth-order valence-corrected chi connectivity index (χ4v) is 15.5. The molecule has 2 saturated heterocycles. The van der Waals surface area contributed by atoms with E-state index < -0.39 is 170 Å². The Labute approximate surface area is 650 Å². The van der Waals surface area contributed by atoms with Crippen molar-refractivity contribution in [2.45, 2.75) is 467 Å². The third kappa shape index (κ3) is 51.2. The molecule has 636 valence electrons. The summed E-state index contributed by atoms with van der Waals surface area (Å²) in [6, 6.07) is -3.60. The molecule has 15 atom stereocenters. The van der Waals surface area contributed by atoms with Gasteiger partial charge in [0, 0.05) is 13.1 Å². The largest absolute Gasteiger partial charge is 0.470 e. The van der Waals surface area contributed by atoms with Crippen LogP contribution in [0.1, 0.15) is 381 Å². The molecule has 0 aromatic rings. The van der Waals surface area contributed by atoms with Crippen molar-refractivity contribution in [2.75, 3.05) is 19.9 Å². The van der Waals surface area contributed by atoms with Gasteiger partial charge in [-0.15, -0.1) is 0 Å². The number of ether oxygens (including phenoxy) is 6. The first-order valence-corrected chi connectivity index (χ1v) is 46.6. The van der Waals surface area contributed by atoms with Crippen LogP contribution in [0.3, 0.4) is 0 Å². The molecule has 0 aromatic carbocycles. The number of phosphoric acid groups is 1. The Hall–Kier alpha value is -2.71. The van der Waals surface area contributed by atoms with Gasteiger partial charge in [0.05, 0.1) is 57.2 Å². The van der Waals surface area contributed by atoms with E-state index in [1.54, 1.807) is 0 Å². The van der Waals surface area contributed by atoms with Crippen LogP contribution < -0.4 is 10.6 Å². The van der Waals surface area contributed by atoms with Crippen molar-refractivity contribution in [3.8, 4) is 0 Å². The second-order valence-corrected chi connectivity index (χ2v) is 34.1. The SMILES string of the molecule is CCCCCCCCCCCC(=O)O[C@H](CCCCCCCCCCC)CC(=O)OC1C(OP(=O)(O)O)C(CO)O[C@@H](OCC2OC(OP(C)(=O)O)[C@@H](NC(=O)C[C@H](O)CCCCCCCCCCC)C(OC(=O)C[C@H](O)CCCCCCCCCCC)[C@@H]2O)[C@H]1NC(=O)C[C@H](O)CCCCCCCCCCC. The highest BCUT2D eigenvalue weighted by molar-refractivity contribution is 7.51. The molecule has 0 spiro atoms. The van der Waals surface area contributed by atoms with E-state index in [0.29, 0.717) is 32.1 Å². The number of aliphatic hydroxyl groups is 5. The van der Waals surface area contributed by atoms with Gasteiger partial charge in [0.1, 0.15) is 42.6 Å². The van der Waals surface area contributed by atoms with Crippen LogP contribution in [0, 0.1) is 0 Å². The number of aliphatic hydroxyl groups excluding tert-OH is 5. The highest BCUT2D eigenvalue weighted by Crippen LogP contribution is 2.44. The van der Waals surface area contributed by atoms with Crippen LogP contribution in [0.25, 0.3) is 0 Å². The maximum Gasteiger partial charge on any atom is 0.470 e. The molecule has 27 heteroatoms. The van der Waals surface area contributed by atoms with E-state index in [1.165, 1.54) is 57.8 Å². The Bertz CT molecular complexity index is 2370. The number of hydrogen-bond donors (Lipinski definition) is 10. The normalized spacial score (nSPS) is 22.1. The maximum atomic E-state index is 14.7. The third-order valence-corrected chi connectivity index (χ3v) is 21.8. The van der Waals surface area contributed by atoms with Gasteiger partial charge < -0.3 is 79.3 Å². The molecular weight excluding hydrogens is 1430 g/mol. The summed E-state index contributed by atoms with van der Waals surface area (Å²) in [4.78, 5) is 102. The fraction of sp³-hybridized carbons (Fsp3) is 0.938. The molecule has 7 unspecified atom stereocenters. The lowest BCUT2D eigenvalue weighted by atomic mass is 9.95. The van der Waals surface area contributed by atoms with E-state index in [4.69, 9.17) is 37.5 Å². The van der Waals surface area contributed by atoms with Crippen LogP contribution in [0.2, 0.25) is 0 Å². The molecule has 108 heavy (non-hydrogen) atoms. The van der Waals surface area contributed by atoms with Gasteiger partial charge in [-0.05, 0) is 38.5 Å². The molecule has 0 saturated carbocycles. The predicted octanol–water partition coefficient (Wildman–Crippen LogP) is 16.1. The average molecular weight is 1590 g/mol. The van der Waals surface area contributed by atoms with Gasteiger partial charge in [0.2, 0.25) is 11.8 Å². The molecule has 2 rings (SSSR count). The van der Waals surface area contributed by atoms with Crippen LogP contribution >= 0.6 is 15.4 Å². The van der Waals surface area contributed by atoms with Crippen molar-refractivity contribution in [3.63, 3.8) is 0 Å². The van der Waals surface area contributed by atoms with Crippen molar-refractivity contribution < 1.29 is 111 Å². The number of nitrogens with one attached hydrogen (secondary N) is 2. The molecular formula is C81H154N2O23P2. The second kappa shape index (κ2) is 63.6. The summed E-state index contributed by atoms with van der Waals surface area (Å²) in [5.41, 5.74) is 0. The summed E-state index contributed by atoms with van der Waals surface area (Å²) < 4.78 is 74.0. The summed E-state index contributed by atoms with van der Waals surface area (Å²) in [7, 11) is -10.3.